The number of amides is 1. The van der Waals surface area contributed by atoms with Crippen LogP contribution in [0.15, 0.2) is 54.9 Å². The van der Waals surface area contributed by atoms with Crippen LogP contribution in [-0.4, -0.2) is 25.1 Å². The number of nitriles is 1. The van der Waals surface area contributed by atoms with E-state index < -0.39 is 0 Å². The van der Waals surface area contributed by atoms with Crippen LogP contribution in [-0.2, 0) is 7.05 Å². The van der Waals surface area contributed by atoms with E-state index in [1.807, 2.05) is 52.9 Å². The zero-order chi connectivity index (χ0) is 19.7. The molecule has 28 heavy (non-hydrogen) atoms. The minimum Gasteiger partial charge on any atom is -0.341 e. The molecule has 0 spiro atoms. The number of hydrogen-bond acceptors (Lipinski definition) is 5. The number of imidazole rings is 1. The second-order valence-electron chi connectivity index (χ2n) is 6.34. The molecule has 0 atom stereocenters. The first-order valence-electron chi connectivity index (χ1n) is 8.60. The Kier molecular flexibility index (Phi) is 4.26. The molecule has 0 unspecified atom stereocenters. The van der Waals surface area contributed by atoms with Crippen molar-refractivity contribution in [2.45, 2.75) is 6.92 Å². The van der Waals surface area contributed by atoms with Gasteiger partial charge in [0.25, 0.3) is 5.91 Å². The van der Waals surface area contributed by atoms with Gasteiger partial charge in [-0.1, -0.05) is 6.07 Å². The van der Waals surface area contributed by atoms with Crippen molar-refractivity contribution in [1.82, 2.24) is 19.2 Å². The van der Waals surface area contributed by atoms with Crippen molar-refractivity contribution in [3.05, 3.63) is 71.8 Å². The van der Waals surface area contributed by atoms with Gasteiger partial charge in [-0.2, -0.15) is 10.4 Å². The third-order valence-electron chi connectivity index (χ3n) is 4.28. The summed E-state index contributed by atoms with van der Waals surface area (Å²) in [5.41, 5.74) is 3.81. The van der Waals surface area contributed by atoms with Crippen LogP contribution in [0.25, 0.3) is 5.65 Å². The van der Waals surface area contributed by atoms with Gasteiger partial charge in [0, 0.05) is 30.8 Å². The maximum Gasteiger partial charge on any atom is 0.259 e. The SMILES string of the molecule is Cc1nn(C)cc1C(=O)Nc1ccc(Nc2cccc3nc(C#N)cn23)cc1. The number of fused-ring (bicyclic) bond motifs is 1. The van der Waals surface area contributed by atoms with Gasteiger partial charge in [-0.15, -0.1) is 0 Å². The fourth-order valence-electron chi connectivity index (χ4n) is 2.97. The van der Waals surface area contributed by atoms with Crippen molar-refractivity contribution in [3.8, 4) is 6.07 Å². The van der Waals surface area contributed by atoms with Gasteiger partial charge in [0.2, 0.25) is 0 Å². The molecular formula is C20H17N7O. The standard InChI is InChI=1S/C20H17N7O/c1-13-17(12-26(2)25-13)20(28)24-15-8-6-14(7-9-15)22-18-4-3-5-19-23-16(10-21)11-27(18)19/h3-9,11-12,22H,1-2H3,(H,24,28). The molecule has 0 radical (unpaired) electrons. The number of pyridine rings is 1. The summed E-state index contributed by atoms with van der Waals surface area (Å²) in [7, 11) is 1.78. The maximum absolute atomic E-state index is 12.4. The molecule has 0 saturated carbocycles. The van der Waals surface area contributed by atoms with E-state index in [4.69, 9.17) is 5.26 Å². The Morgan fingerprint density at radius 2 is 1.86 bits per heavy atom. The Bertz CT molecular complexity index is 1210. The minimum atomic E-state index is -0.196. The van der Waals surface area contributed by atoms with Gasteiger partial charge < -0.3 is 10.6 Å². The predicted molar refractivity (Wildman–Crippen MR) is 106 cm³/mol. The Hall–Kier alpha value is -4.12. The number of benzene rings is 1. The van der Waals surface area contributed by atoms with E-state index in [0.717, 1.165) is 11.5 Å². The molecule has 0 bridgehead atoms. The zero-order valence-electron chi connectivity index (χ0n) is 15.3. The van der Waals surface area contributed by atoms with Crippen molar-refractivity contribution >= 4 is 28.7 Å². The quantitative estimate of drug-likeness (QED) is 0.574. The number of anilines is 3. The topological polar surface area (TPSA) is 100 Å². The molecule has 8 nitrogen and oxygen atoms in total. The zero-order valence-corrected chi connectivity index (χ0v) is 15.3. The highest BCUT2D eigenvalue weighted by Gasteiger charge is 2.12. The van der Waals surface area contributed by atoms with E-state index in [1.54, 1.807) is 31.0 Å². The van der Waals surface area contributed by atoms with Crippen LogP contribution in [0, 0.1) is 18.3 Å². The van der Waals surface area contributed by atoms with Crippen LogP contribution in [0.4, 0.5) is 17.2 Å². The van der Waals surface area contributed by atoms with Gasteiger partial charge in [-0.25, -0.2) is 4.98 Å². The van der Waals surface area contributed by atoms with Crippen LogP contribution >= 0.6 is 0 Å². The number of aromatic nitrogens is 4. The number of nitrogens with one attached hydrogen (secondary N) is 2. The highest BCUT2D eigenvalue weighted by Crippen LogP contribution is 2.21. The molecule has 0 saturated heterocycles. The number of aryl methyl sites for hydroxylation is 2. The lowest BCUT2D eigenvalue weighted by Crippen LogP contribution is -2.12. The third kappa shape index (κ3) is 3.29. The second-order valence-corrected chi connectivity index (χ2v) is 6.34. The summed E-state index contributed by atoms with van der Waals surface area (Å²) in [6.07, 6.45) is 3.38. The summed E-state index contributed by atoms with van der Waals surface area (Å²) in [5, 5.41) is 19.4. The van der Waals surface area contributed by atoms with Gasteiger partial charge >= 0.3 is 0 Å². The van der Waals surface area contributed by atoms with Crippen molar-refractivity contribution in [3.63, 3.8) is 0 Å². The summed E-state index contributed by atoms with van der Waals surface area (Å²) in [6, 6.07) is 15.0. The third-order valence-corrected chi connectivity index (χ3v) is 4.28. The molecule has 2 N–H and O–H groups in total. The normalized spacial score (nSPS) is 10.6. The molecule has 138 valence electrons. The molecule has 1 amide bonds. The largest absolute Gasteiger partial charge is 0.341 e. The van der Waals surface area contributed by atoms with Crippen LogP contribution in [0.2, 0.25) is 0 Å². The Morgan fingerprint density at radius 3 is 2.54 bits per heavy atom. The molecule has 0 fully saturated rings. The Labute approximate surface area is 161 Å². The number of carbonyl (C=O) groups excluding carboxylic acids is 1. The average Bonchev–Trinajstić information content (AvgIpc) is 3.26. The average molecular weight is 371 g/mol. The van der Waals surface area contributed by atoms with Crippen LogP contribution in [0.5, 0.6) is 0 Å². The molecular weight excluding hydrogens is 354 g/mol. The fourth-order valence-corrected chi connectivity index (χ4v) is 2.97. The van der Waals surface area contributed by atoms with E-state index in [-0.39, 0.29) is 5.91 Å². The molecule has 0 aliphatic carbocycles. The van der Waals surface area contributed by atoms with Gasteiger partial charge in [0.05, 0.1) is 11.3 Å². The monoisotopic (exact) mass is 371 g/mol. The van der Waals surface area contributed by atoms with Crippen molar-refractivity contribution in [1.29, 1.82) is 5.26 Å². The Morgan fingerprint density at radius 1 is 1.11 bits per heavy atom. The van der Waals surface area contributed by atoms with E-state index in [1.165, 1.54) is 0 Å². The lowest BCUT2D eigenvalue weighted by atomic mass is 10.2. The van der Waals surface area contributed by atoms with E-state index in [2.05, 4.69) is 20.7 Å². The summed E-state index contributed by atoms with van der Waals surface area (Å²) >= 11 is 0. The molecule has 0 aliphatic rings. The van der Waals surface area contributed by atoms with E-state index >= 15 is 0 Å². The lowest BCUT2D eigenvalue weighted by molar-refractivity contribution is 0.102. The molecule has 1 aromatic carbocycles. The van der Waals surface area contributed by atoms with E-state index in [0.29, 0.717) is 28.3 Å². The molecule has 8 heteroatoms. The molecule has 3 aromatic heterocycles. The first-order valence-corrected chi connectivity index (χ1v) is 8.60. The summed E-state index contributed by atoms with van der Waals surface area (Å²) in [6.45, 7) is 1.80. The predicted octanol–water partition coefficient (Wildman–Crippen LogP) is 3.24. The molecule has 4 aromatic rings. The fraction of sp³-hybridized carbons (Fsp3) is 0.100. The van der Waals surface area contributed by atoms with Crippen LogP contribution in [0.3, 0.4) is 0 Å². The summed E-state index contributed by atoms with van der Waals surface area (Å²) in [5.74, 6) is 0.591. The van der Waals surface area contributed by atoms with Crippen molar-refractivity contribution < 1.29 is 4.79 Å². The molecule has 0 aliphatic heterocycles. The number of nitrogens with zero attached hydrogens (tertiary/aromatic N) is 5. The van der Waals surface area contributed by atoms with Gasteiger partial charge in [-0.3, -0.25) is 13.9 Å². The number of hydrogen-bond donors (Lipinski definition) is 2. The van der Waals surface area contributed by atoms with Gasteiger partial charge in [0.1, 0.15) is 17.5 Å². The highest BCUT2D eigenvalue weighted by molar-refractivity contribution is 6.04. The number of rotatable bonds is 4. The highest BCUT2D eigenvalue weighted by atomic mass is 16.1. The van der Waals surface area contributed by atoms with Crippen LogP contribution < -0.4 is 10.6 Å². The first kappa shape index (κ1) is 17.3. The minimum absolute atomic E-state index is 0.196. The smallest absolute Gasteiger partial charge is 0.259 e. The maximum atomic E-state index is 12.4. The second kappa shape index (κ2) is 6.89. The van der Waals surface area contributed by atoms with Gasteiger partial charge in [-0.05, 0) is 43.3 Å². The van der Waals surface area contributed by atoms with Crippen molar-refractivity contribution in [2.75, 3.05) is 10.6 Å². The van der Waals surface area contributed by atoms with E-state index in [9.17, 15) is 4.79 Å². The van der Waals surface area contributed by atoms with Gasteiger partial charge in [0.15, 0.2) is 5.69 Å². The van der Waals surface area contributed by atoms with Crippen LogP contribution in [0.1, 0.15) is 21.7 Å². The van der Waals surface area contributed by atoms with Crippen molar-refractivity contribution in [2.24, 2.45) is 7.05 Å². The molecule has 3 heterocycles. The number of carbonyl (C=O) groups is 1. The Balaban J connectivity index is 1.51. The molecule has 4 rings (SSSR count). The lowest BCUT2D eigenvalue weighted by Gasteiger charge is -2.10. The summed E-state index contributed by atoms with van der Waals surface area (Å²) in [4.78, 5) is 16.6. The first-order chi connectivity index (χ1) is 13.5. The summed E-state index contributed by atoms with van der Waals surface area (Å²) < 4.78 is 3.44.